The van der Waals surface area contributed by atoms with Crippen LogP contribution in [0, 0.1) is 6.92 Å². The Morgan fingerprint density at radius 3 is 2.45 bits per heavy atom. The second-order valence-electron chi connectivity index (χ2n) is 7.63. The van der Waals surface area contributed by atoms with Crippen molar-refractivity contribution in [3.8, 4) is 22.8 Å². The third kappa shape index (κ3) is 4.11. The summed E-state index contributed by atoms with van der Waals surface area (Å²) in [5.41, 5.74) is 2.60. The molecule has 0 atom stereocenters. The van der Waals surface area contributed by atoms with Crippen LogP contribution in [0.5, 0.6) is 0 Å². The lowest BCUT2D eigenvalue weighted by molar-refractivity contribution is 0.286. The number of rotatable bonds is 5. The molecule has 0 saturated heterocycles. The molecule has 1 aliphatic carbocycles. The summed E-state index contributed by atoms with van der Waals surface area (Å²) in [6.07, 6.45) is 5.17. The van der Waals surface area contributed by atoms with Crippen LogP contribution in [0.15, 0.2) is 57.9 Å². The highest BCUT2D eigenvalue weighted by atomic mass is 32.2. The van der Waals surface area contributed by atoms with Crippen molar-refractivity contribution >= 4 is 10.0 Å². The zero-order valence-corrected chi connectivity index (χ0v) is 17.5. The Balaban J connectivity index is 1.61. The molecule has 0 unspecified atom stereocenters. The quantitative estimate of drug-likeness (QED) is 0.610. The van der Waals surface area contributed by atoms with Crippen molar-refractivity contribution in [1.82, 2.24) is 14.4 Å². The maximum atomic E-state index is 13.1. The first-order valence-electron chi connectivity index (χ1n) is 9.94. The van der Waals surface area contributed by atoms with Gasteiger partial charge in [0.05, 0.1) is 4.90 Å². The van der Waals surface area contributed by atoms with Crippen LogP contribution in [0.4, 0.5) is 0 Å². The number of nitrogens with zero attached hydrogens (tertiary/aromatic N) is 3. The minimum Gasteiger partial charge on any atom is -0.334 e. The summed E-state index contributed by atoms with van der Waals surface area (Å²) in [5.74, 6) is 0.783. The molecule has 0 spiro atoms. The molecule has 7 heteroatoms. The standard InChI is InChI=1S/C22H25N3O3S/c1-16-11-13-17(14-12-16)21-23-22(28-24-21)18-7-6-10-20(15-18)29(26,27)25(2)19-8-4-3-5-9-19/h6-7,10-15,19H,3-5,8-9H2,1-2H3. The van der Waals surface area contributed by atoms with Crippen molar-refractivity contribution in [2.24, 2.45) is 0 Å². The maximum absolute atomic E-state index is 13.1. The molecule has 0 radical (unpaired) electrons. The second kappa shape index (κ2) is 8.08. The van der Waals surface area contributed by atoms with E-state index in [1.165, 1.54) is 10.7 Å². The predicted molar refractivity (Wildman–Crippen MR) is 112 cm³/mol. The van der Waals surface area contributed by atoms with Gasteiger partial charge in [-0.2, -0.15) is 9.29 Å². The van der Waals surface area contributed by atoms with Gasteiger partial charge in [-0.25, -0.2) is 8.42 Å². The van der Waals surface area contributed by atoms with Gasteiger partial charge in [-0.15, -0.1) is 0 Å². The van der Waals surface area contributed by atoms with Gasteiger partial charge in [-0.3, -0.25) is 0 Å². The van der Waals surface area contributed by atoms with E-state index in [9.17, 15) is 8.42 Å². The highest BCUT2D eigenvalue weighted by Crippen LogP contribution is 2.29. The highest BCUT2D eigenvalue weighted by Gasteiger charge is 2.29. The lowest BCUT2D eigenvalue weighted by Gasteiger charge is -2.30. The minimum atomic E-state index is -3.58. The van der Waals surface area contributed by atoms with E-state index in [0.29, 0.717) is 17.3 Å². The molecular formula is C22H25N3O3S. The van der Waals surface area contributed by atoms with E-state index in [0.717, 1.165) is 36.8 Å². The van der Waals surface area contributed by atoms with E-state index >= 15 is 0 Å². The molecule has 1 aromatic heterocycles. The third-order valence-electron chi connectivity index (χ3n) is 5.58. The molecule has 1 fully saturated rings. The molecule has 0 bridgehead atoms. The van der Waals surface area contributed by atoms with Gasteiger partial charge in [-0.05, 0) is 38.0 Å². The van der Waals surface area contributed by atoms with Gasteiger partial charge < -0.3 is 4.52 Å². The third-order valence-corrected chi connectivity index (χ3v) is 7.49. The summed E-state index contributed by atoms with van der Waals surface area (Å²) in [5, 5.41) is 4.05. The molecule has 4 rings (SSSR count). The molecule has 2 aromatic carbocycles. The molecule has 0 amide bonds. The van der Waals surface area contributed by atoms with Crippen molar-refractivity contribution in [2.45, 2.75) is 50.0 Å². The number of aromatic nitrogens is 2. The molecule has 1 aliphatic rings. The van der Waals surface area contributed by atoms with Crippen molar-refractivity contribution < 1.29 is 12.9 Å². The second-order valence-corrected chi connectivity index (χ2v) is 9.63. The molecule has 6 nitrogen and oxygen atoms in total. The number of benzene rings is 2. The van der Waals surface area contributed by atoms with E-state index < -0.39 is 10.0 Å². The fourth-order valence-electron chi connectivity index (χ4n) is 3.76. The van der Waals surface area contributed by atoms with Gasteiger partial charge in [0, 0.05) is 24.2 Å². The van der Waals surface area contributed by atoms with Gasteiger partial charge in [0.1, 0.15) is 0 Å². The molecule has 1 saturated carbocycles. The van der Waals surface area contributed by atoms with Gasteiger partial charge in [0.25, 0.3) is 5.89 Å². The van der Waals surface area contributed by atoms with Gasteiger partial charge in [0.2, 0.25) is 15.8 Å². The van der Waals surface area contributed by atoms with Crippen LogP contribution in [0.3, 0.4) is 0 Å². The van der Waals surface area contributed by atoms with E-state index in [4.69, 9.17) is 4.52 Å². The fraction of sp³-hybridized carbons (Fsp3) is 0.364. The van der Waals surface area contributed by atoms with E-state index in [2.05, 4.69) is 10.1 Å². The van der Waals surface area contributed by atoms with Crippen LogP contribution < -0.4 is 0 Å². The van der Waals surface area contributed by atoms with Crippen LogP contribution in [0.1, 0.15) is 37.7 Å². The maximum Gasteiger partial charge on any atom is 0.258 e. The normalized spacial score (nSPS) is 15.7. The molecule has 152 valence electrons. The van der Waals surface area contributed by atoms with Gasteiger partial charge in [0.15, 0.2) is 0 Å². The van der Waals surface area contributed by atoms with Gasteiger partial charge in [-0.1, -0.05) is 60.3 Å². The molecule has 3 aromatic rings. The van der Waals surface area contributed by atoms with Crippen molar-refractivity contribution in [3.63, 3.8) is 0 Å². The highest BCUT2D eigenvalue weighted by molar-refractivity contribution is 7.89. The minimum absolute atomic E-state index is 0.0638. The molecule has 0 aliphatic heterocycles. The van der Waals surface area contributed by atoms with E-state index in [1.54, 1.807) is 31.3 Å². The topological polar surface area (TPSA) is 76.3 Å². The Morgan fingerprint density at radius 2 is 1.72 bits per heavy atom. The number of hydrogen-bond donors (Lipinski definition) is 0. The van der Waals surface area contributed by atoms with Crippen LogP contribution in [-0.4, -0.2) is 36.0 Å². The van der Waals surface area contributed by atoms with Crippen LogP contribution >= 0.6 is 0 Å². The van der Waals surface area contributed by atoms with Gasteiger partial charge >= 0.3 is 0 Å². The lowest BCUT2D eigenvalue weighted by atomic mass is 9.96. The lowest BCUT2D eigenvalue weighted by Crippen LogP contribution is -2.38. The number of sulfonamides is 1. The van der Waals surface area contributed by atoms with Crippen molar-refractivity contribution in [1.29, 1.82) is 0 Å². The first kappa shape index (κ1) is 19.8. The average Bonchev–Trinajstić information content (AvgIpc) is 3.25. The van der Waals surface area contributed by atoms with Crippen LogP contribution in [0.25, 0.3) is 22.8 Å². The molecule has 0 N–H and O–H groups in total. The number of hydrogen-bond acceptors (Lipinski definition) is 5. The summed E-state index contributed by atoms with van der Waals surface area (Å²) < 4.78 is 33.2. The zero-order valence-electron chi connectivity index (χ0n) is 16.7. The number of aryl methyl sites for hydroxylation is 1. The monoisotopic (exact) mass is 411 g/mol. The van der Waals surface area contributed by atoms with E-state index in [-0.39, 0.29) is 10.9 Å². The summed E-state index contributed by atoms with van der Waals surface area (Å²) in [7, 11) is -1.90. The van der Waals surface area contributed by atoms with E-state index in [1.807, 2.05) is 31.2 Å². The largest absolute Gasteiger partial charge is 0.334 e. The molecule has 29 heavy (non-hydrogen) atoms. The first-order valence-corrected chi connectivity index (χ1v) is 11.4. The summed E-state index contributed by atoms with van der Waals surface area (Å²) in [6.45, 7) is 2.02. The Kier molecular flexibility index (Phi) is 5.52. The average molecular weight is 412 g/mol. The SMILES string of the molecule is Cc1ccc(-c2noc(-c3cccc(S(=O)(=O)N(C)C4CCCCC4)c3)n2)cc1. The summed E-state index contributed by atoms with van der Waals surface area (Å²) >= 11 is 0. The smallest absolute Gasteiger partial charge is 0.258 e. The van der Waals surface area contributed by atoms with Crippen molar-refractivity contribution in [2.75, 3.05) is 7.05 Å². The Bertz CT molecular complexity index is 1080. The van der Waals surface area contributed by atoms with Crippen molar-refractivity contribution in [3.05, 3.63) is 54.1 Å². The van der Waals surface area contributed by atoms with Crippen LogP contribution in [0.2, 0.25) is 0 Å². The fourth-order valence-corrected chi connectivity index (χ4v) is 5.22. The Hall–Kier alpha value is -2.51. The molecular weight excluding hydrogens is 386 g/mol. The predicted octanol–water partition coefficient (Wildman–Crippen LogP) is 4.67. The summed E-state index contributed by atoms with van der Waals surface area (Å²) in [4.78, 5) is 4.70. The molecule has 1 heterocycles. The van der Waals surface area contributed by atoms with Crippen LogP contribution in [-0.2, 0) is 10.0 Å². The Morgan fingerprint density at radius 1 is 1.00 bits per heavy atom. The Labute approximate surface area is 171 Å². The summed E-state index contributed by atoms with van der Waals surface area (Å²) in [6, 6.07) is 14.6. The zero-order chi connectivity index (χ0) is 20.4. The first-order chi connectivity index (χ1) is 13.9.